The number of aliphatic imine (C=N–C) groups is 1. The van der Waals surface area contributed by atoms with Crippen LogP contribution in [0.5, 0.6) is 0 Å². The number of halogens is 1. The molecule has 0 radical (unpaired) electrons. The third kappa shape index (κ3) is 5.87. The summed E-state index contributed by atoms with van der Waals surface area (Å²) in [6, 6.07) is 0.381. The highest BCUT2D eigenvalue weighted by Crippen LogP contribution is 2.52. The van der Waals surface area contributed by atoms with Gasteiger partial charge >= 0.3 is 6.09 Å². The van der Waals surface area contributed by atoms with Crippen molar-refractivity contribution >= 4 is 36.0 Å². The Bertz CT molecular complexity index is 505. The lowest BCUT2D eigenvalue weighted by Crippen LogP contribution is -2.68. The predicted octanol–water partition coefficient (Wildman–Crippen LogP) is 2.50. The van der Waals surface area contributed by atoms with Crippen molar-refractivity contribution in [1.82, 2.24) is 16.0 Å². The molecule has 2 fully saturated rings. The predicted molar refractivity (Wildman–Crippen MR) is 114 cm³/mol. The van der Waals surface area contributed by atoms with Crippen molar-refractivity contribution in [3.8, 4) is 0 Å². The number of fused-ring (bicyclic) bond motifs is 1. The van der Waals surface area contributed by atoms with E-state index in [9.17, 15) is 4.79 Å². The standard InChI is InChI=1S/C18H34N4O3.HI/c1-17(2,3)25-16(23)21-10-7-9-20-15(19-6)22-13-12-8-11-24-14(12)18(13,4)5;/h12-14H,7-11H2,1-6H3,(H,21,23)(H2,19,20,22);1H. The van der Waals surface area contributed by atoms with E-state index in [-0.39, 0.29) is 35.5 Å². The first-order valence-corrected chi connectivity index (χ1v) is 9.21. The average molecular weight is 482 g/mol. The lowest BCUT2D eigenvalue weighted by atomic mass is 9.57. The molecule has 0 aromatic carbocycles. The fraction of sp³-hybridized carbons (Fsp3) is 0.889. The van der Waals surface area contributed by atoms with Crippen LogP contribution in [-0.2, 0) is 9.47 Å². The van der Waals surface area contributed by atoms with Gasteiger partial charge in [-0.1, -0.05) is 13.8 Å². The molecular weight excluding hydrogens is 447 g/mol. The number of ether oxygens (including phenoxy) is 2. The minimum absolute atomic E-state index is 0. The maximum Gasteiger partial charge on any atom is 0.407 e. The normalized spacial score (nSPS) is 26.8. The van der Waals surface area contributed by atoms with Crippen LogP contribution in [-0.4, -0.2) is 56.5 Å². The van der Waals surface area contributed by atoms with E-state index in [0.29, 0.717) is 24.6 Å². The van der Waals surface area contributed by atoms with E-state index in [1.807, 2.05) is 20.8 Å². The maximum absolute atomic E-state index is 11.6. The molecule has 152 valence electrons. The molecule has 1 aliphatic carbocycles. The Morgan fingerprint density at radius 2 is 1.92 bits per heavy atom. The van der Waals surface area contributed by atoms with E-state index in [1.54, 1.807) is 7.05 Å². The molecule has 3 N–H and O–H groups in total. The summed E-state index contributed by atoms with van der Waals surface area (Å²) in [5.74, 6) is 1.38. The Hall–Kier alpha value is -0.770. The topological polar surface area (TPSA) is 84.0 Å². The van der Waals surface area contributed by atoms with Gasteiger partial charge in [-0.15, -0.1) is 24.0 Å². The molecule has 8 heteroatoms. The smallest absolute Gasteiger partial charge is 0.407 e. The number of nitrogens with one attached hydrogen (secondary N) is 3. The number of hydrogen-bond acceptors (Lipinski definition) is 4. The van der Waals surface area contributed by atoms with Crippen LogP contribution in [0.25, 0.3) is 0 Å². The molecule has 2 aliphatic rings. The van der Waals surface area contributed by atoms with Crippen molar-refractivity contribution in [1.29, 1.82) is 0 Å². The van der Waals surface area contributed by atoms with Crippen molar-refractivity contribution in [2.75, 3.05) is 26.7 Å². The molecular formula is C18H35IN4O3. The molecule has 0 spiro atoms. The third-order valence-electron chi connectivity index (χ3n) is 4.93. The Morgan fingerprint density at radius 3 is 2.54 bits per heavy atom. The summed E-state index contributed by atoms with van der Waals surface area (Å²) in [5.41, 5.74) is -0.345. The lowest BCUT2D eigenvalue weighted by Gasteiger charge is -2.54. The summed E-state index contributed by atoms with van der Waals surface area (Å²) in [7, 11) is 1.78. The highest BCUT2D eigenvalue weighted by molar-refractivity contribution is 14.0. The van der Waals surface area contributed by atoms with Gasteiger partial charge in [-0.3, -0.25) is 4.99 Å². The van der Waals surface area contributed by atoms with Gasteiger partial charge in [0.1, 0.15) is 5.60 Å². The van der Waals surface area contributed by atoms with E-state index < -0.39 is 5.60 Å². The van der Waals surface area contributed by atoms with E-state index in [0.717, 1.165) is 32.0 Å². The van der Waals surface area contributed by atoms with Crippen molar-refractivity contribution in [2.24, 2.45) is 16.3 Å². The van der Waals surface area contributed by atoms with E-state index in [1.165, 1.54) is 0 Å². The Labute approximate surface area is 174 Å². The number of nitrogens with zero attached hydrogens (tertiary/aromatic N) is 1. The van der Waals surface area contributed by atoms with Gasteiger partial charge in [0.25, 0.3) is 0 Å². The van der Waals surface area contributed by atoms with Crippen LogP contribution in [0.15, 0.2) is 4.99 Å². The fourth-order valence-electron chi connectivity index (χ4n) is 3.76. The number of rotatable bonds is 5. The quantitative estimate of drug-likeness (QED) is 0.243. The summed E-state index contributed by atoms with van der Waals surface area (Å²) >= 11 is 0. The summed E-state index contributed by atoms with van der Waals surface area (Å²) in [4.78, 5) is 15.9. The highest BCUT2D eigenvalue weighted by atomic mass is 127. The SMILES string of the molecule is CN=C(NCCCNC(=O)OC(C)(C)C)NC1C2CCOC2C1(C)C.I. The fourth-order valence-corrected chi connectivity index (χ4v) is 3.76. The molecule has 3 atom stereocenters. The summed E-state index contributed by atoms with van der Waals surface area (Å²) < 4.78 is 11.0. The van der Waals surface area contributed by atoms with E-state index in [4.69, 9.17) is 9.47 Å². The van der Waals surface area contributed by atoms with Crippen molar-refractivity contribution in [3.05, 3.63) is 0 Å². The first kappa shape index (κ1) is 23.3. The van der Waals surface area contributed by atoms with E-state index in [2.05, 4.69) is 34.8 Å². The van der Waals surface area contributed by atoms with Crippen molar-refractivity contribution in [2.45, 2.75) is 65.2 Å². The molecule has 1 heterocycles. The van der Waals surface area contributed by atoms with Crippen LogP contribution in [0.3, 0.4) is 0 Å². The van der Waals surface area contributed by atoms with Crippen LogP contribution in [0.2, 0.25) is 0 Å². The number of hydrogen-bond donors (Lipinski definition) is 3. The van der Waals surface area contributed by atoms with Crippen LogP contribution < -0.4 is 16.0 Å². The summed E-state index contributed by atoms with van der Waals surface area (Å²) in [6.45, 7) is 12.2. The van der Waals surface area contributed by atoms with Crippen LogP contribution in [0.1, 0.15) is 47.5 Å². The Morgan fingerprint density at radius 1 is 1.27 bits per heavy atom. The largest absolute Gasteiger partial charge is 0.444 e. The number of carbonyl (C=O) groups is 1. The molecule has 0 bridgehead atoms. The van der Waals surface area contributed by atoms with Gasteiger partial charge in [-0.2, -0.15) is 0 Å². The molecule has 26 heavy (non-hydrogen) atoms. The Balaban J connectivity index is 0.00000338. The van der Waals surface area contributed by atoms with Crippen LogP contribution in [0, 0.1) is 11.3 Å². The zero-order valence-electron chi connectivity index (χ0n) is 16.8. The molecule has 1 aliphatic heterocycles. The third-order valence-corrected chi connectivity index (χ3v) is 4.93. The molecule has 1 saturated heterocycles. The van der Waals surface area contributed by atoms with Gasteiger partial charge in [0.05, 0.1) is 6.10 Å². The Kier molecular flexibility index (Phi) is 8.44. The molecule has 0 aromatic heterocycles. The number of alkyl carbamates (subject to hydrolysis) is 1. The molecule has 7 nitrogen and oxygen atoms in total. The molecule has 1 amide bonds. The molecule has 2 rings (SSSR count). The first-order chi connectivity index (χ1) is 11.6. The van der Waals surface area contributed by atoms with Gasteiger partial charge in [-0.25, -0.2) is 4.79 Å². The minimum Gasteiger partial charge on any atom is -0.444 e. The summed E-state index contributed by atoms with van der Waals surface area (Å²) in [5, 5.41) is 9.62. The maximum atomic E-state index is 11.6. The van der Waals surface area contributed by atoms with Crippen LogP contribution >= 0.6 is 24.0 Å². The number of guanidine groups is 1. The number of amides is 1. The first-order valence-electron chi connectivity index (χ1n) is 9.21. The number of carbonyl (C=O) groups excluding carboxylic acids is 1. The molecule has 3 unspecified atom stereocenters. The lowest BCUT2D eigenvalue weighted by molar-refractivity contribution is -0.106. The van der Waals surface area contributed by atoms with Crippen molar-refractivity contribution < 1.29 is 14.3 Å². The van der Waals surface area contributed by atoms with Crippen molar-refractivity contribution in [3.63, 3.8) is 0 Å². The average Bonchev–Trinajstić information content (AvgIpc) is 2.95. The van der Waals surface area contributed by atoms with Gasteiger partial charge < -0.3 is 25.4 Å². The zero-order chi connectivity index (χ0) is 18.7. The second kappa shape index (κ2) is 9.43. The van der Waals surface area contributed by atoms with Gasteiger partial charge in [-0.05, 0) is 33.6 Å². The van der Waals surface area contributed by atoms with E-state index >= 15 is 0 Å². The molecule has 0 aromatic rings. The monoisotopic (exact) mass is 482 g/mol. The summed E-state index contributed by atoms with van der Waals surface area (Å²) in [6.07, 6.45) is 1.89. The van der Waals surface area contributed by atoms with Gasteiger partial charge in [0.2, 0.25) is 0 Å². The zero-order valence-corrected chi connectivity index (χ0v) is 19.2. The minimum atomic E-state index is -0.467. The van der Waals surface area contributed by atoms with Gasteiger partial charge in [0, 0.05) is 44.1 Å². The highest BCUT2D eigenvalue weighted by Gasteiger charge is 2.59. The second-order valence-electron chi connectivity index (χ2n) is 8.47. The molecule has 1 saturated carbocycles. The van der Waals surface area contributed by atoms with Crippen LogP contribution in [0.4, 0.5) is 4.79 Å². The van der Waals surface area contributed by atoms with Gasteiger partial charge in [0.15, 0.2) is 5.96 Å². The second-order valence-corrected chi connectivity index (χ2v) is 8.47.